The zero-order valence-corrected chi connectivity index (χ0v) is 38.1. The van der Waals surface area contributed by atoms with Gasteiger partial charge in [-0.15, -0.1) is 0 Å². The first-order valence-electron chi connectivity index (χ1n) is 22.5. The van der Waals surface area contributed by atoms with E-state index < -0.39 is 96.0 Å². The van der Waals surface area contributed by atoms with E-state index in [-0.39, 0.29) is 89.8 Å². The van der Waals surface area contributed by atoms with Crippen molar-refractivity contribution in [2.24, 2.45) is 27.9 Å². The van der Waals surface area contributed by atoms with E-state index in [0.29, 0.717) is 11.1 Å². The molecule has 1 aromatic heterocycles. The number of nitrogens with zero attached hydrogens (tertiary/aromatic N) is 1. The molecule has 3 aromatic rings. The van der Waals surface area contributed by atoms with Gasteiger partial charge in [0.25, 0.3) is 0 Å². The lowest BCUT2D eigenvalue weighted by atomic mass is 10.0. The smallest absolute Gasteiger partial charge is 0.243 e. The van der Waals surface area contributed by atoms with Crippen molar-refractivity contribution in [2.75, 3.05) is 26.2 Å². The van der Waals surface area contributed by atoms with Gasteiger partial charge in [0.05, 0.1) is 6.54 Å². The summed E-state index contributed by atoms with van der Waals surface area (Å²) in [7, 11) is 0. The van der Waals surface area contributed by atoms with Crippen molar-refractivity contribution in [2.45, 2.75) is 107 Å². The van der Waals surface area contributed by atoms with Crippen LogP contribution < -0.4 is 65.5 Å². The van der Waals surface area contributed by atoms with Gasteiger partial charge in [0.1, 0.15) is 36.3 Å². The summed E-state index contributed by atoms with van der Waals surface area (Å²) < 4.78 is 0. The van der Waals surface area contributed by atoms with Gasteiger partial charge in [-0.05, 0) is 68.7 Å². The number of guanidine groups is 1. The monoisotopic (exact) mass is 944 g/mol. The summed E-state index contributed by atoms with van der Waals surface area (Å²) in [6, 6.07) is 8.10. The topological polar surface area (TPSA) is 382 Å². The number of amides is 9. The predicted octanol–water partition coefficient (Wildman–Crippen LogP) is -3.03. The lowest BCUT2D eigenvalue weighted by Gasteiger charge is -2.28. The molecule has 1 saturated heterocycles. The van der Waals surface area contributed by atoms with Crippen LogP contribution in [0.4, 0.5) is 0 Å². The van der Waals surface area contributed by atoms with Gasteiger partial charge in [-0.25, -0.2) is 0 Å². The zero-order chi connectivity index (χ0) is 49.6. The van der Waals surface area contributed by atoms with Gasteiger partial charge in [-0.2, -0.15) is 0 Å². The van der Waals surface area contributed by atoms with Crippen LogP contribution in [0.5, 0.6) is 0 Å². The molecule has 3 unspecified atom stereocenters. The fourth-order valence-corrected chi connectivity index (χ4v) is 7.42. The molecule has 0 saturated carbocycles. The zero-order valence-electron chi connectivity index (χ0n) is 38.1. The molecule has 17 N–H and O–H groups in total. The molecule has 9 amide bonds. The molecule has 4 rings (SSSR count). The lowest BCUT2D eigenvalue weighted by molar-refractivity contribution is -0.135. The van der Waals surface area contributed by atoms with Crippen LogP contribution in [0.3, 0.4) is 0 Å². The Morgan fingerprint density at radius 2 is 1.32 bits per heavy atom. The van der Waals surface area contributed by atoms with Crippen molar-refractivity contribution in [3.63, 3.8) is 0 Å². The number of hydrogen-bond donors (Lipinski definition) is 13. The average molecular weight is 945 g/mol. The van der Waals surface area contributed by atoms with Gasteiger partial charge in [0.15, 0.2) is 5.96 Å². The third-order valence-corrected chi connectivity index (χ3v) is 11.0. The fourth-order valence-electron chi connectivity index (χ4n) is 7.42. The third-order valence-electron chi connectivity index (χ3n) is 11.0. The van der Waals surface area contributed by atoms with Gasteiger partial charge in [-0.1, -0.05) is 48.5 Å². The van der Waals surface area contributed by atoms with Gasteiger partial charge in [-0.3, -0.25) is 48.1 Å². The number of fused-ring (bicyclic) bond motifs is 1. The van der Waals surface area contributed by atoms with Gasteiger partial charge < -0.3 is 70.5 Å². The molecule has 23 heteroatoms. The van der Waals surface area contributed by atoms with Crippen molar-refractivity contribution in [1.29, 1.82) is 0 Å². The molecular formula is C45H64N14O9. The van der Waals surface area contributed by atoms with E-state index >= 15 is 0 Å². The highest BCUT2D eigenvalue weighted by Crippen LogP contribution is 2.20. The number of rotatable bonds is 15. The molecule has 2 heterocycles. The SMILES string of the molecule is CC(=O)NCC(=O)NC1CCC(=O)NCCCC(C(N)=O)NC(=O)[C@H](Cc2c[nH]c3ccccc23)NC(=O)[C@H](CCCN=C(N)N)NC(=O)C(Cc2ccccc2)NC(=O)[C@H](CCCN)NC1=O. The number of H-pyrrole nitrogens is 1. The van der Waals surface area contributed by atoms with Crippen LogP contribution in [-0.2, 0) is 56.0 Å². The van der Waals surface area contributed by atoms with Gasteiger partial charge in [0.2, 0.25) is 53.2 Å². The van der Waals surface area contributed by atoms with Crippen LogP contribution in [0.25, 0.3) is 10.9 Å². The molecule has 1 aliphatic rings. The van der Waals surface area contributed by atoms with Crippen molar-refractivity contribution in [3.8, 4) is 0 Å². The van der Waals surface area contributed by atoms with E-state index in [1.54, 1.807) is 36.5 Å². The number of carbonyl (C=O) groups is 9. The molecule has 0 spiro atoms. The fraction of sp³-hybridized carbons (Fsp3) is 0.467. The largest absolute Gasteiger partial charge is 0.370 e. The standard InChI is InChI=1S/C45H64N14O9/c1-26(60)52-25-38(62)54-34-17-18-37(61)50-20-8-15-31(39(47)63)55-44(68)36(23-28-24-53-30-13-6-5-12-29(28)30)59-41(65)33(16-9-21-51-45(48)49)57-43(67)35(22-27-10-3-2-4-11-27)58-40(64)32(14-7-19-46)56-42(34)66/h2-6,10-13,24,31-36,53H,7-9,14-23,25,46H2,1H3,(H2,47,63)(H,50,61)(H,52,60)(H,54,62)(H,55,68)(H,56,66)(H,57,67)(H,58,64)(H,59,65)(H4,48,49,51)/t31?,32-,33-,34?,35?,36-/m0/s1. The Labute approximate surface area is 393 Å². The minimum absolute atomic E-state index is 0.00277. The molecule has 368 valence electrons. The minimum atomic E-state index is -1.37. The molecule has 2 aromatic carbocycles. The Morgan fingerprint density at radius 3 is 1.99 bits per heavy atom. The highest BCUT2D eigenvalue weighted by atomic mass is 16.2. The molecular weight excluding hydrogens is 881 g/mol. The maximum Gasteiger partial charge on any atom is 0.243 e. The lowest BCUT2D eigenvalue weighted by Crippen LogP contribution is -2.60. The number of aromatic amines is 1. The summed E-state index contributed by atoms with van der Waals surface area (Å²) in [4.78, 5) is 129. The Kier molecular flexibility index (Phi) is 21.2. The van der Waals surface area contributed by atoms with Crippen LogP contribution in [0.2, 0.25) is 0 Å². The Morgan fingerprint density at radius 1 is 0.721 bits per heavy atom. The van der Waals surface area contributed by atoms with Gasteiger partial charge in [0, 0.05) is 56.4 Å². The summed E-state index contributed by atoms with van der Waals surface area (Å²) in [5, 5.41) is 21.8. The van der Waals surface area contributed by atoms with E-state index in [1.165, 1.54) is 6.92 Å². The number of carbonyl (C=O) groups excluding carboxylic acids is 9. The van der Waals surface area contributed by atoms with Crippen LogP contribution in [0.15, 0.2) is 65.8 Å². The Balaban J connectivity index is 1.76. The molecule has 6 atom stereocenters. The van der Waals surface area contributed by atoms with E-state index in [1.807, 2.05) is 24.3 Å². The molecule has 0 aliphatic carbocycles. The molecule has 0 radical (unpaired) electrons. The molecule has 1 fully saturated rings. The summed E-state index contributed by atoms with van der Waals surface area (Å²) >= 11 is 0. The van der Waals surface area contributed by atoms with Crippen molar-refractivity contribution < 1.29 is 43.2 Å². The number of nitrogens with two attached hydrogens (primary N) is 4. The van der Waals surface area contributed by atoms with E-state index in [0.717, 1.165) is 10.9 Å². The second-order valence-electron chi connectivity index (χ2n) is 16.4. The number of benzene rings is 2. The molecule has 0 bridgehead atoms. The van der Waals surface area contributed by atoms with E-state index in [4.69, 9.17) is 22.9 Å². The Bertz CT molecular complexity index is 2270. The second-order valence-corrected chi connectivity index (χ2v) is 16.4. The van der Waals surface area contributed by atoms with Crippen LogP contribution in [-0.4, -0.2) is 127 Å². The Hall–Kier alpha value is -7.56. The maximum atomic E-state index is 14.5. The van der Waals surface area contributed by atoms with Crippen molar-refractivity contribution in [3.05, 3.63) is 71.9 Å². The summed E-state index contributed by atoms with van der Waals surface area (Å²) in [5.74, 6) is -6.84. The van der Waals surface area contributed by atoms with Crippen LogP contribution in [0, 0.1) is 0 Å². The predicted molar refractivity (Wildman–Crippen MR) is 251 cm³/mol. The third kappa shape index (κ3) is 17.7. The van der Waals surface area contributed by atoms with Crippen molar-refractivity contribution >= 4 is 70.0 Å². The number of hydrogen-bond acceptors (Lipinski definition) is 11. The van der Waals surface area contributed by atoms with Crippen molar-refractivity contribution in [1.82, 2.24) is 47.5 Å². The quantitative estimate of drug-likeness (QED) is 0.0411. The number of nitrogens with one attached hydrogen (secondary N) is 9. The number of para-hydroxylation sites is 1. The summed E-state index contributed by atoms with van der Waals surface area (Å²) in [5.41, 5.74) is 24.7. The normalized spacial score (nSPS) is 21.7. The van der Waals surface area contributed by atoms with E-state index in [2.05, 4.69) is 52.5 Å². The second kappa shape index (κ2) is 27.2. The number of primary amides is 1. The molecule has 1 aliphatic heterocycles. The van der Waals surface area contributed by atoms with Crippen LogP contribution in [0.1, 0.15) is 69.4 Å². The molecule has 68 heavy (non-hydrogen) atoms. The first-order valence-corrected chi connectivity index (χ1v) is 22.5. The van der Waals surface area contributed by atoms with E-state index in [9.17, 15) is 43.2 Å². The minimum Gasteiger partial charge on any atom is -0.370 e. The van der Waals surface area contributed by atoms with Crippen LogP contribution >= 0.6 is 0 Å². The average Bonchev–Trinajstić information content (AvgIpc) is 3.71. The highest BCUT2D eigenvalue weighted by molar-refractivity contribution is 5.98. The summed E-state index contributed by atoms with van der Waals surface area (Å²) in [6.45, 7) is 0.943. The summed E-state index contributed by atoms with van der Waals surface area (Å²) in [6.07, 6.45) is 1.57. The first kappa shape index (κ1) is 53.1. The van der Waals surface area contributed by atoms with Gasteiger partial charge >= 0.3 is 0 Å². The highest BCUT2D eigenvalue weighted by Gasteiger charge is 2.34. The molecule has 23 nitrogen and oxygen atoms in total. The number of aliphatic imine (C=N–C) groups is 1. The first-order chi connectivity index (χ1) is 32.5. The number of aromatic nitrogens is 1. The maximum absolute atomic E-state index is 14.5.